The van der Waals surface area contributed by atoms with E-state index in [2.05, 4.69) is 71.8 Å². The third-order valence-corrected chi connectivity index (χ3v) is 4.95. The number of fused-ring (bicyclic) bond motifs is 3. The average molecular weight is 372 g/mol. The summed E-state index contributed by atoms with van der Waals surface area (Å²) in [6, 6.07) is 21.0. The molecular weight excluding hydrogens is 348 g/mol. The fourth-order valence-corrected chi connectivity index (χ4v) is 3.79. The largest absolute Gasteiger partial charge is 0.465 e. The Balaban J connectivity index is 2.10. The highest BCUT2D eigenvalue weighted by Crippen LogP contribution is 2.37. The van der Waals surface area contributed by atoms with E-state index in [0.29, 0.717) is 13.0 Å². The van der Waals surface area contributed by atoms with Crippen molar-refractivity contribution in [3.05, 3.63) is 84.4 Å². The molecule has 4 nitrogen and oxygen atoms in total. The Bertz CT molecular complexity index is 1090. The van der Waals surface area contributed by atoms with Gasteiger partial charge in [-0.2, -0.15) is 0 Å². The first-order valence-electron chi connectivity index (χ1n) is 9.35. The quantitative estimate of drug-likeness (QED) is 0.369. The number of ether oxygens (including phenoxy) is 2. The molecule has 0 saturated carbocycles. The van der Waals surface area contributed by atoms with Gasteiger partial charge >= 0.3 is 0 Å². The Hall–Kier alpha value is -3.08. The molecule has 0 amide bonds. The van der Waals surface area contributed by atoms with Crippen molar-refractivity contribution in [3.8, 4) is 11.4 Å². The summed E-state index contributed by atoms with van der Waals surface area (Å²) in [7, 11) is 1.63. The Labute approximate surface area is 164 Å². The lowest BCUT2D eigenvalue weighted by Gasteiger charge is -2.19. The molecule has 4 heteroatoms. The molecule has 0 aliphatic heterocycles. The first-order chi connectivity index (χ1) is 13.8. The number of rotatable bonds is 7. The van der Waals surface area contributed by atoms with Crippen molar-refractivity contribution < 1.29 is 9.47 Å². The van der Waals surface area contributed by atoms with E-state index in [4.69, 9.17) is 15.2 Å². The van der Waals surface area contributed by atoms with Crippen LogP contribution in [0.25, 0.3) is 27.5 Å². The van der Waals surface area contributed by atoms with Gasteiger partial charge in [0.15, 0.2) is 6.79 Å². The molecule has 142 valence electrons. The molecule has 0 radical (unpaired) electrons. The highest BCUT2D eigenvalue weighted by atomic mass is 16.7. The van der Waals surface area contributed by atoms with Gasteiger partial charge in [-0.15, -0.1) is 6.58 Å². The fourth-order valence-electron chi connectivity index (χ4n) is 3.79. The van der Waals surface area contributed by atoms with Crippen LogP contribution < -0.4 is 10.5 Å². The third kappa shape index (κ3) is 3.07. The molecule has 0 unspecified atom stereocenters. The smallest absolute Gasteiger partial charge is 0.188 e. The van der Waals surface area contributed by atoms with Crippen molar-refractivity contribution in [3.63, 3.8) is 0 Å². The summed E-state index contributed by atoms with van der Waals surface area (Å²) < 4.78 is 13.5. The summed E-state index contributed by atoms with van der Waals surface area (Å²) in [5, 5.41) is 2.42. The van der Waals surface area contributed by atoms with Crippen LogP contribution >= 0.6 is 0 Å². The van der Waals surface area contributed by atoms with E-state index in [1.54, 1.807) is 7.11 Å². The number of hydrogen-bond acceptors (Lipinski definition) is 3. The SMILES string of the molecule is C=CCc1cc(CN)cc(-n2c3ccccc3c3ccccc32)c1OCOC. The highest BCUT2D eigenvalue weighted by Gasteiger charge is 2.18. The van der Waals surface area contributed by atoms with Crippen molar-refractivity contribution in [1.29, 1.82) is 0 Å². The van der Waals surface area contributed by atoms with Gasteiger partial charge in [0.05, 0.1) is 16.7 Å². The van der Waals surface area contributed by atoms with Crippen molar-refractivity contribution in [1.82, 2.24) is 4.57 Å². The topological polar surface area (TPSA) is 49.4 Å². The standard InChI is InChI=1S/C24H24N2O2/c1-3-8-18-13-17(15-25)14-23(24(18)28-16-27-2)26-21-11-6-4-9-19(21)20-10-5-7-12-22(20)26/h3-7,9-14H,1,8,15-16,25H2,2H3. The van der Waals surface area contributed by atoms with Crippen LogP contribution in [0.4, 0.5) is 0 Å². The lowest BCUT2D eigenvalue weighted by Crippen LogP contribution is -2.09. The molecule has 0 fully saturated rings. The molecule has 0 aliphatic rings. The zero-order valence-corrected chi connectivity index (χ0v) is 16.0. The zero-order valence-electron chi connectivity index (χ0n) is 16.0. The maximum atomic E-state index is 6.06. The van der Waals surface area contributed by atoms with Gasteiger partial charge < -0.3 is 19.8 Å². The summed E-state index contributed by atoms with van der Waals surface area (Å²) in [6.07, 6.45) is 2.57. The monoisotopic (exact) mass is 372 g/mol. The Morgan fingerprint density at radius 2 is 1.64 bits per heavy atom. The number of allylic oxidation sites excluding steroid dienone is 1. The van der Waals surface area contributed by atoms with E-state index in [0.717, 1.165) is 33.6 Å². The number of hydrogen-bond donors (Lipinski definition) is 1. The van der Waals surface area contributed by atoms with Crippen LogP contribution in [0.1, 0.15) is 11.1 Å². The van der Waals surface area contributed by atoms with E-state index in [1.165, 1.54) is 10.8 Å². The number of nitrogens with two attached hydrogens (primary N) is 1. The summed E-state index contributed by atoms with van der Waals surface area (Å²) in [4.78, 5) is 0. The minimum atomic E-state index is 0.177. The number of para-hydroxylation sites is 2. The molecular formula is C24H24N2O2. The van der Waals surface area contributed by atoms with Crippen molar-refractivity contribution in [2.45, 2.75) is 13.0 Å². The van der Waals surface area contributed by atoms with Crippen LogP contribution in [-0.2, 0) is 17.7 Å². The molecule has 1 aromatic heterocycles. The van der Waals surface area contributed by atoms with Crippen LogP contribution in [0.15, 0.2) is 73.3 Å². The van der Waals surface area contributed by atoms with Crippen molar-refractivity contribution in [2.24, 2.45) is 5.73 Å². The van der Waals surface area contributed by atoms with Gasteiger partial charge in [-0.3, -0.25) is 0 Å². The van der Waals surface area contributed by atoms with E-state index >= 15 is 0 Å². The number of nitrogens with zero attached hydrogens (tertiary/aromatic N) is 1. The summed E-state index contributed by atoms with van der Waals surface area (Å²) in [5.41, 5.74) is 11.3. The van der Waals surface area contributed by atoms with Crippen LogP contribution in [0.3, 0.4) is 0 Å². The molecule has 0 spiro atoms. The van der Waals surface area contributed by atoms with Gasteiger partial charge in [-0.05, 0) is 30.2 Å². The highest BCUT2D eigenvalue weighted by molar-refractivity contribution is 6.09. The number of methoxy groups -OCH3 is 1. The third-order valence-electron chi connectivity index (χ3n) is 4.95. The van der Waals surface area contributed by atoms with Crippen LogP contribution in [0, 0.1) is 0 Å². The Morgan fingerprint density at radius 1 is 1.00 bits per heavy atom. The lowest BCUT2D eigenvalue weighted by atomic mass is 10.0. The molecule has 28 heavy (non-hydrogen) atoms. The lowest BCUT2D eigenvalue weighted by molar-refractivity contribution is 0.0505. The normalized spacial score (nSPS) is 11.2. The first-order valence-corrected chi connectivity index (χ1v) is 9.35. The van der Waals surface area contributed by atoms with E-state index in [1.807, 2.05) is 6.08 Å². The summed E-state index contributed by atoms with van der Waals surface area (Å²) in [5.74, 6) is 0.797. The van der Waals surface area contributed by atoms with Crippen LogP contribution in [-0.4, -0.2) is 18.5 Å². The van der Waals surface area contributed by atoms with E-state index in [-0.39, 0.29) is 6.79 Å². The van der Waals surface area contributed by atoms with Crippen molar-refractivity contribution >= 4 is 21.8 Å². The minimum absolute atomic E-state index is 0.177. The molecule has 0 saturated heterocycles. The van der Waals surface area contributed by atoms with Crippen molar-refractivity contribution in [2.75, 3.05) is 13.9 Å². The molecule has 4 rings (SSSR count). The Morgan fingerprint density at radius 3 is 2.21 bits per heavy atom. The van der Waals surface area contributed by atoms with Crippen LogP contribution in [0.5, 0.6) is 5.75 Å². The first kappa shape index (κ1) is 18.3. The molecule has 0 atom stereocenters. The second-order valence-electron chi connectivity index (χ2n) is 6.72. The van der Waals surface area contributed by atoms with Gasteiger partial charge in [0.2, 0.25) is 0 Å². The van der Waals surface area contributed by atoms with Gasteiger partial charge in [-0.1, -0.05) is 48.5 Å². The van der Waals surface area contributed by atoms with E-state index in [9.17, 15) is 0 Å². The maximum Gasteiger partial charge on any atom is 0.188 e. The molecule has 3 aromatic carbocycles. The second-order valence-corrected chi connectivity index (χ2v) is 6.72. The molecule has 2 N–H and O–H groups in total. The van der Waals surface area contributed by atoms with Gasteiger partial charge in [0, 0.05) is 30.0 Å². The maximum absolute atomic E-state index is 6.06. The summed E-state index contributed by atoms with van der Waals surface area (Å²) >= 11 is 0. The Kier molecular flexibility index (Phi) is 5.15. The van der Waals surface area contributed by atoms with Gasteiger partial charge in [0.25, 0.3) is 0 Å². The predicted octanol–water partition coefficient (Wildman–Crippen LogP) is 4.95. The number of aromatic nitrogens is 1. The van der Waals surface area contributed by atoms with Gasteiger partial charge in [0.1, 0.15) is 5.75 Å². The van der Waals surface area contributed by atoms with Gasteiger partial charge in [-0.25, -0.2) is 0 Å². The molecule has 1 heterocycles. The minimum Gasteiger partial charge on any atom is -0.465 e. The predicted molar refractivity (Wildman–Crippen MR) is 115 cm³/mol. The average Bonchev–Trinajstić information content (AvgIpc) is 3.07. The molecule has 0 aliphatic carbocycles. The molecule has 0 bridgehead atoms. The van der Waals surface area contributed by atoms with E-state index < -0.39 is 0 Å². The zero-order chi connectivity index (χ0) is 19.5. The summed E-state index contributed by atoms with van der Waals surface area (Å²) in [6.45, 7) is 4.53. The van der Waals surface area contributed by atoms with Crippen LogP contribution in [0.2, 0.25) is 0 Å². The fraction of sp³-hybridized carbons (Fsp3) is 0.167. The molecule has 4 aromatic rings. The second kappa shape index (κ2) is 7.89. The number of benzene rings is 3.